The van der Waals surface area contributed by atoms with Gasteiger partial charge in [0, 0.05) is 11.7 Å². The van der Waals surface area contributed by atoms with Crippen LogP contribution in [0, 0.1) is 17.1 Å². The normalized spacial score (nSPS) is 11.7. The van der Waals surface area contributed by atoms with Gasteiger partial charge in [-0.2, -0.15) is 5.26 Å². The molecule has 0 saturated heterocycles. The number of nitriles is 1. The van der Waals surface area contributed by atoms with Crippen LogP contribution in [0.3, 0.4) is 0 Å². The molecular weight excluding hydrogens is 251 g/mol. The van der Waals surface area contributed by atoms with Gasteiger partial charge in [0.05, 0.1) is 5.56 Å². The minimum Gasteiger partial charge on any atom is -0.378 e. The van der Waals surface area contributed by atoms with Crippen molar-refractivity contribution in [2.24, 2.45) is 0 Å². The molecule has 0 aliphatic carbocycles. The first-order valence-corrected chi connectivity index (χ1v) is 6.69. The fourth-order valence-electron chi connectivity index (χ4n) is 2.08. The second-order valence-electron chi connectivity index (χ2n) is 4.77. The third-order valence-electron chi connectivity index (χ3n) is 3.36. The van der Waals surface area contributed by atoms with Crippen molar-refractivity contribution < 1.29 is 4.39 Å². The minimum atomic E-state index is -0.488. The number of benzene rings is 2. The molecule has 0 radical (unpaired) electrons. The molecule has 0 amide bonds. The molecule has 2 rings (SSSR count). The predicted molar refractivity (Wildman–Crippen MR) is 79.0 cm³/mol. The van der Waals surface area contributed by atoms with Crippen LogP contribution in [-0.4, -0.2) is 0 Å². The fourth-order valence-corrected chi connectivity index (χ4v) is 2.08. The molecule has 2 nitrogen and oxygen atoms in total. The topological polar surface area (TPSA) is 35.8 Å². The van der Waals surface area contributed by atoms with Crippen molar-refractivity contribution in [2.75, 3.05) is 5.32 Å². The van der Waals surface area contributed by atoms with E-state index in [1.54, 1.807) is 6.07 Å². The highest BCUT2D eigenvalue weighted by Crippen LogP contribution is 2.21. The van der Waals surface area contributed by atoms with Crippen molar-refractivity contribution in [1.82, 2.24) is 0 Å². The Morgan fingerprint density at radius 3 is 2.50 bits per heavy atom. The summed E-state index contributed by atoms with van der Waals surface area (Å²) in [6.45, 7) is 4.16. The zero-order valence-corrected chi connectivity index (χ0v) is 11.7. The van der Waals surface area contributed by atoms with Gasteiger partial charge < -0.3 is 5.32 Å². The lowest BCUT2D eigenvalue weighted by Gasteiger charge is -2.16. The summed E-state index contributed by atoms with van der Waals surface area (Å²) < 4.78 is 13.3. The van der Waals surface area contributed by atoms with E-state index < -0.39 is 5.82 Å². The first-order valence-electron chi connectivity index (χ1n) is 6.69. The molecule has 0 aliphatic rings. The van der Waals surface area contributed by atoms with Crippen molar-refractivity contribution in [1.29, 1.82) is 5.26 Å². The average Bonchev–Trinajstić information content (AvgIpc) is 2.49. The number of hydrogen-bond donors (Lipinski definition) is 1. The lowest BCUT2D eigenvalue weighted by atomic mass is 10.0. The number of rotatable bonds is 4. The Bertz CT molecular complexity index is 626. The van der Waals surface area contributed by atoms with E-state index in [9.17, 15) is 4.39 Å². The third-order valence-corrected chi connectivity index (χ3v) is 3.36. The summed E-state index contributed by atoms with van der Waals surface area (Å²) in [5, 5.41) is 12.1. The molecule has 3 heteroatoms. The van der Waals surface area contributed by atoms with Crippen LogP contribution in [0.15, 0.2) is 42.5 Å². The molecule has 0 fully saturated rings. The number of anilines is 1. The summed E-state index contributed by atoms with van der Waals surface area (Å²) in [7, 11) is 0. The molecule has 20 heavy (non-hydrogen) atoms. The highest BCUT2D eigenvalue weighted by molar-refractivity contribution is 5.51. The lowest BCUT2D eigenvalue weighted by Crippen LogP contribution is -2.07. The summed E-state index contributed by atoms with van der Waals surface area (Å²) >= 11 is 0. The van der Waals surface area contributed by atoms with Crippen molar-refractivity contribution in [3.8, 4) is 6.07 Å². The number of hydrogen-bond acceptors (Lipinski definition) is 2. The Kier molecular flexibility index (Phi) is 4.37. The Labute approximate surface area is 118 Å². The summed E-state index contributed by atoms with van der Waals surface area (Å²) in [6, 6.07) is 14.8. The number of halogens is 1. The van der Waals surface area contributed by atoms with Gasteiger partial charge in [0.15, 0.2) is 0 Å². The largest absolute Gasteiger partial charge is 0.378 e. The summed E-state index contributed by atoms with van der Waals surface area (Å²) in [6.07, 6.45) is 1.02. The lowest BCUT2D eigenvalue weighted by molar-refractivity contribution is 0.624. The van der Waals surface area contributed by atoms with Crippen LogP contribution >= 0.6 is 0 Å². The van der Waals surface area contributed by atoms with E-state index in [2.05, 4.69) is 36.5 Å². The van der Waals surface area contributed by atoms with Gasteiger partial charge in [0.2, 0.25) is 0 Å². The zero-order chi connectivity index (χ0) is 14.5. The Hall–Kier alpha value is -2.34. The zero-order valence-electron chi connectivity index (χ0n) is 11.7. The summed E-state index contributed by atoms with van der Waals surface area (Å²) in [4.78, 5) is 0. The first kappa shape index (κ1) is 14.1. The molecule has 0 saturated carbocycles. The van der Waals surface area contributed by atoms with E-state index in [-0.39, 0.29) is 11.6 Å². The molecule has 0 spiro atoms. The number of nitrogens with one attached hydrogen (secondary N) is 1. The Balaban J connectivity index is 2.14. The smallest absolute Gasteiger partial charge is 0.141 e. The molecule has 0 aliphatic heterocycles. The SMILES string of the molecule is CCc1ccc(C(C)Nc2ccc(F)c(C#N)c2)cc1. The average molecular weight is 268 g/mol. The molecule has 0 bridgehead atoms. The second kappa shape index (κ2) is 6.21. The predicted octanol–water partition coefficient (Wildman–Crippen LogP) is 4.43. The minimum absolute atomic E-state index is 0.0588. The Morgan fingerprint density at radius 1 is 1.20 bits per heavy atom. The van der Waals surface area contributed by atoms with E-state index >= 15 is 0 Å². The molecule has 2 aromatic rings. The van der Waals surface area contributed by atoms with Gasteiger partial charge in [-0.15, -0.1) is 0 Å². The molecule has 2 aromatic carbocycles. The van der Waals surface area contributed by atoms with E-state index in [0.29, 0.717) is 0 Å². The van der Waals surface area contributed by atoms with E-state index in [0.717, 1.165) is 17.7 Å². The van der Waals surface area contributed by atoms with Crippen LogP contribution in [0.5, 0.6) is 0 Å². The molecule has 0 aromatic heterocycles. The summed E-state index contributed by atoms with van der Waals surface area (Å²) in [5.74, 6) is -0.488. The standard InChI is InChI=1S/C17H17FN2/c1-3-13-4-6-14(7-5-13)12(2)20-16-8-9-17(18)15(10-16)11-19/h4-10,12,20H,3H2,1-2H3. The molecule has 1 unspecified atom stereocenters. The van der Waals surface area contributed by atoms with Gasteiger partial charge in [-0.3, -0.25) is 0 Å². The maximum atomic E-state index is 13.3. The highest BCUT2D eigenvalue weighted by atomic mass is 19.1. The number of nitrogens with zero attached hydrogens (tertiary/aromatic N) is 1. The van der Waals surface area contributed by atoms with Crippen LogP contribution in [0.4, 0.5) is 10.1 Å². The van der Waals surface area contributed by atoms with Gasteiger partial charge in [-0.05, 0) is 42.7 Å². The molecule has 1 atom stereocenters. The van der Waals surface area contributed by atoms with Crippen LogP contribution < -0.4 is 5.32 Å². The summed E-state index contributed by atoms with van der Waals surface area (Å²) in [5.41, 5.74) is 3.26. The monoisotopic (exact) mass is 268 g/mol. The van der Waals surface area contributed by atoms with Crippen molar-refractivity contribution >= 4 is 5.69 Å². The molecule has 0 heterocycles. The quantitative estimate of drug-likeness (QED) is 0.890. The van der Waals surface area contributed by atoms with Gasteiger partial charge in [-0.1, -0.05) is 31.2 Å². The molecule has 102 valence electrons. The highest BCUT2D eigenvalue weighted by Gasteiger charge is 2.07. The maximum Gasteiger partial charge on any atom is 0.141 e. The van der Waals surface area contributed by atoms with Gasteiger partial charge in [-0.25, -0.2) is 4.39 Å². The molecule has 1 N–H and O–H groups in total. The fraction of sp³-hybridized carbons (Fsp3) is 0.235. The Morgan fingerprint density at radius 2 is 1.90 bits per heavy atom. The van der Waals surface area contributed by atoms with Crippen LogP contribution in [-0.2, 0) is 6.42 Å². The van der Waals surface area contributed by atoms with Crippen molar-refractivity contribution in [2.45, 2.75) is 26.3 Å². The van der Waals surface area contributed by atoms with Crippen LogP contribution in [0.25, 0.3) is 0 Å². The van der Waals surface area contributed by atoms with E-state index in [4.69, 9.17) is 5.26 Å². The van der Waals surface area contributed by atoms with E-state index in [1.807, 2.05) is 13.0 Å². The molecular formula is C17H17FN2. The van der Waals surface area contributed by atoms with E-state index in [1.165, 1.54) is 17.7 Å². The van der Waals surface area contributed by atoms with Crippen molar-refractivity contribution in [3.63, 3.8) is 0 Å². The maximum absolute atomic E-state index is 13.3. The number of aryl methyl sites for hydroxylation is 1. The van der Waals surface area contributed by atoms with Gasteiger partial charge in [0.1, 0.15) is 11.9 Å². The van der Waals surface area contributed by atoms with Crippen LogP contribution in [0.1, 0.15) is 36.6 Å². The second-order valence-corrected chi connectivity index (χ2v) is 4.77. The van der Waals surface area contributed by atoms with Crippen LogP contribution in [0.2, 0.25) is 0 Å². The van der Waals surface area contributed by atoms with Gasteiger partial charge in [0.25, 0.3) is 0 Å². The first-order chi connectivity index (χ1) is 9.63. The third kappa shape index (κ3) is 3.16. The van der Waals surface area contributed by atoms with Gasteiger partial charge >= 0.3 is 0 Å². The van der Waals surface area contributed by atoms with Crippen molar-refractivity contribution in [3.05, 3.63) is 65.0 Å².